The maximum absolute atomic E-state index is 12.9. The molecule has 196 valence electrons. The first-order valence-corrected chi connectivity index (χ1v) is 11.6. The molecular weight excluding hydrogens is 480 g/mol. The van der Waals surface area contributed by atoms with Crippen molar-refractivity contribution in [3.8, 4) is 0 Å². The Morgan fingerprint density at radius 1 is 0.829 bits per heavy atom. The number of nitrogens with two attached hydrogens (primary N) is 1. The van der Waals surface area contributed by atoms with Crippen LogP contribution < -0.4 is 16.4 Å². The number of fused-ring (bicyclic) bond motifs is 1. The Morgan fingerprint density at radius 3 is 1.94 bits per heavy atom. The van der Waals surface area contributed by atoms with Crippen LogP contribution in [0.1, 0.15) is 24.8 Å². The second-order valence-corrected chi connectivity index (χ2v) is 7.88. The smallest absolute Gasteiger partial charge is 0.348 e. The fourth-order valence-electron chi connectivity index (χ4n) is 3.86. The van der Waals surface area contributed by atoms with Gasteiger partial charge >= 0.3 is 5.69 Å². The predicted molar refractivity (Wildman–Crippen MR) is 133 cm³/mol. The lowest BCUT2D eigenvalue weighted by atomic mass is 10.1. The van der Waals surface area contributed by atoms with Crippen molar-refractivity contribution in [3.63, 3.8) is 0 Å². The maximum Gasteiger partial charge on any atom is 0.348 e. The van der Waals surface area contributed by atoms with Crippen LogP contribution >= 0.6 is 12.4 Å². The summed E-state index contributed by atoms with van der Waals surface area (Å²) in [5, 5.41) is 0.989. The van der Waals surface area contributed by atoms with E-state index in [1.54, 1.807) is 13.1 Å². The van der Waals surface area contributed by atoms with E-state index in [9.17, 15) is 14.4 Å². The number of para-hydroxylation sites is 1. The summed E-state index contributed by atoms with van der Waals surface area (Å²) in [5.74, 6) is -0.713. The molecule has 2 aromatic rings. The average molecular weight is 515 g/mol. The summed E-state index contributed by atoms with van der Waals surface area (Å²) in [4.78, 5) is 37.7. The number of nitrogens with zero attached hydrogens (tertiary/aromatic N) is 3. The number of aromatic nitrogens is 2. The van der Waals surface area contributed by atoms with Crippen LogP contribution in [0.25, 0.3) is 11.0 Å². The summed E-state index contributed by atoms with van der Waals surface area (Å²) in [7, 11) is 1.64. The minimum Gasteiger partial charge on any atom is -0.379 e. The Labute approximate surface area is 210 Å². The Hall–Kier alpha value is -2.28. The van der Waals surface area contributed by atoms with Crippen molar-refractivity contribution >= 4 is 35.3 Å². The fourth-order valence-corrected chi connectivity index (χ4v) is 3.86. The SMILES string of the molecule is Cl.Cn1c(=O)n(N2C(=O)CCCC2=O)c2cccc(CCOCCOCCOCCOCCN)c21. The van der Waals surface area contributed by atoms with Crippen LogP contribution in [0.5, 0.6) is 0 Å². The molecule has 1 aliphatic rings. The monoisotopic (exact) mass is 514 g/mol. The Balaban J connectivity index is 0.00000432. The number of amides is 2. The van der Waals surface area contributed by atoms with Crippen LogP contribution in [0.2, 0.25) is 0 Å². The van der Waals surface area contributed by atoms with Gasteiger partial charge < -0.3 is 24.7 Å². The summed E-state index contributed by atoms with van der Waals surface area (Å²) in [6.07, 6.45) is 1.58. The lowest BCUT2D eigenvalue weighted by Crippen LogP contribution is -2.52. The van der Waals surface area contributed by atoms with E-state index >= 15 is 0 Å². The zero-order valence-corrected chi connectivity index (χ0v) is 20.9. The van der Waals surface area contributed by atoms with Gasteiger partial charge in [-0.15, -0.1) is 12.4 Å². The van der Waals surface area contributed by atoms with E-state index in [1.165, 1.54) is 9.24 Å². The zero-order chi connectivity index (χ0) is 24.3. The van der Waals surface area contributed by atoms with E-state index in [1.807, 2.05) is 12.1 Å². The van der Waals surface area contributed by atoms with Gasteiger partial charge in [-0.1, -0.05) is 12.1 Å². The molecule has 3 rings (SSSR count). The van der Waals surface area contributed by atoms with E-state index in [2.05, 4.69) is 0 Å². The lowest BCUT2D eigenvalue weighted by Gasteiger charge is -2.25. The minimum atomic E-state index is -0.423. The van der Waals surface area contributed by atoms with Crippen molar-refractivity contribution < 1.29 is 28.5 Å². The van der Waals surface area contributed by atoms with Crippen LogP contribution in [0, 0.1) is 0 Å². The number of carbonyl (C=O) groups is 2. The number of hydrogen-bond acceptors (Lipinski definition) is 8. The largest absolute Gasteiger partial charge is 0.379 e. The van der Waals surface area contributed by atoms with Crippen molar-refractivity contribution in [1.29, 1.82) is 0 Å². The lowest BCUT2D eigenvalue weighted by molar-refractivity contribution is -0.131. The van der Waals surface area contributed by atoms with Crippen molar-refractivity contribution in [2.24, 2.45) is 12.8 Å². The third-order valence-corrected chi connectivity index (χ3v) is 5.48. The number of rotatable bonds is 15. The number of aryl methyl sites for hydroxylation is 1. The Morgan fingerprint density at radius 2 is 1.37 bits per heavy atom. The van der Waals surface area contributed by atoms with Gasteiger partial charge in [-0.3, -0.25) is 14.2 Å². The third-order valence-electron chi connectivity index (χ3n) is 5.48. The Bertz CT molecular complexity index is 1010. The number of carbonyl (C=O) groups excluding carboxylic acids is 2. The first-order valence-electron chi connectivity index (χ1n) is 11.6. The summed E-state index contributed by atoms with van der Waals surface area (Å²) in [6.45, 7) is 4.36. The molecule has 2 N–H and O–H groups in total. The summed E-state index contributed by atoms with van der Waals surface area (Å²) in [6, 6.07) is 5.48. The van der Waals surface area contributed by atoms with Crippen LogP contribution in [0.15, 0.2) is 23.0 Å². The van der Waals surface area contributed by atoms with Gasteiger partial charge in [-0.2, -0.15) is 9.69 Å². The molecule has 35 heavy (non-hydrogen) atoms. The zero-order valence-electron chi connectivity index (χ0n) is 20.1. The van der Waals surface area contributed by atoms with E-state index < -0.39 is 5.69 Å². The normalized spacial score (nSPS) is 14.1. The first-order chi connectivity index (χ1) is 16.6. The third kappa shape index (κ3) is 7.60. The highest BCUT2D eigenvalue weighted by Crippen LogP contribution is 2.21. The van der Waals surface area contributed by atoms with E-state index in [0.717, 1.165) is 10.6 Å². The van der Waals surface area contributed by atoms with Crippen molar-refractivity contribution in [3.05, 3.63) is 34.2 Å². The molecule has 1 saturated heterocycles. The van der Waals surface area contributed by atoms with E-state index in [-0.39, 0.29) is 37.1 Å². The molecule has 0 atom stereocenters. The van der Waals surface area contributed by atoms with Gasteiger partial charge in [0.1, 0.15) is 0 Å². The summed E-state index contributed by atoms with van der Waals surface area (Å²) >= 11 is 0. The van der Waals surface area contributed by atoms with E-state index in [0.29, 0.717) is 83.3 Å². The van der Waals surface area contributed by atoms with Crippen molar-refractivity contribution in [2.75, 3.05) is 64.4 Å². The molecule has 1 aromatic heterocycles. The second kappa shape index (κ2) is 15.0. The number of hydrogen-bond donors (Lipinski definition) is 1. The molecule has 0 unspecified atom stereocenters. The molecule has 0 aliphatic carbocycles. The summed E-state index contributed by atoms with van der Waals surface area (Å²) in [5.41, 5.74) is 7.03. The molecule has 1 aromatic carbocycles. The highest BCUT2D eigenvalue weighted by Gasteiger charge is 2.31. The average Bonchev–Trinajstić information content (AvgIpc) is 3.08. The van der Waals surface area contributed by atoms with Crippen LogP contribution in [0.3, 0.4) is 0 Å². The van der Waals surface area contributed by atoms with Gasteiger partial charge in [-0.05, 0) is 24.5 Å². The molecule has 1 aliphatic heterocycles. The number of benzene rings is 1. The molecule has 0 spiro atoms. The number of imide groups is 1. The highest BCUT2D eigenvalue weighted by atomic mass is 35.5. The standard InChI is InChI=1S/C23H34N4O7.ClH/c1-25-22-18(8-10-31-12-14-33-16-17-34-15-13-32-11-9-24)4-2-5-19(22)26(23(25)30)27-20(28)6-3-7-21(27)29;/h2,4-5H,3,6-17,24H2,1H3;1H. The first kappa shape index (κ1) is 29.0. The van der Waals surface area contributed by atoms with Crippen LogP contribution in [-0.4, -0.2) is 80.5 Å². The fraction of sp³-hybridized carbons (Fsp3) is 0.609. The van der Waals surface area contributed by atoms with Crippen LogP contribution in [-0.2, 0) is 42.0 Å². The highest BCUT2D eigenvalue weighted by molar-refractivity contribution is 6.11. The molecule has 11 nitrogen and oxygen atoms in total. The topological polar surface area (TPSA) is 127 Å². The number of halogens is 1. The van der Waals surface area contributed by atoms with Crippen LogP contribution in [0.4, 0.5) is 0 Å². The number of piperidine rings is 1. The maximum atomic E-state index is 12.9. The predicted octanol–water partition coefficient (Wildman–Crippen LogP) is 0.505. The molecule has 0 saturated carbocycles. The van der Waals surface area contributed by atoms with Gasteiger partial charge in [0, 0.05) is 26.4 Å². The molecule has 0 bridgehead atoms. The molecule has 12 heteroatoms. The van der Waals surface area contributed by atoms with Gasteiger partial charge in [0.05, 0.1) is 63.9 Å². The summed E-state index contributed by atoms with van der Waals surface area (Å²) < 4.78 is 24.4. The van der Waals surface area contributed by atoms with Crippen molar-refractivity contribution in [1.82, 2.24) is 9.24 Å². The van der Waals surface area contributed by atoms with Crippen molar-refractivity contribution in [2.45, 2.75) is 25.7 Å². The molecule has 0 radical (unpaired) electrons. The van der Waals surface area contributed by atoms with Gasteiger partial charge in [0.15, 0.2) is 0 Å². The number of imidazole rings is 1. The molecule has 2 amide bonds. The van der Waals surface area contributed by atoms with Gasteiger partial charge in [0.2, 0.25) is 11.8 Å². The molecule has 1 fully saturated rings. The minimum absolute atomic E-state index is 0. The number of ether oxygens (including phenoxy) is 4. The molecular formula is C23H35ClN4O7. The van der Waals surface area contributed by atoms with E-state index in [4.69, 9.17) is 24.7 Å². The van der Waals surface area contributed by atoms with Gasteiger partial charge in [-0.25, -0.2) is 4.79 Å². The Kier molecular flexibility index (Phi) is 12.4. The second-order valence-electron chi connectivity index (χ2n) is 7.88. The molecule has 2 heterocycles. The quantitative estimate of drug-likeness (QED) is 0.269. The van der Waals surface area contributed by atoms with Gasteiger partial charge in [0.25, 0.3) is 0 Å².